The van der Waals surface area contributed by atoms with Crippen LogP contribution in [0.15, 0.2) is 48.5 Å². The van der Waals surface area contributed by atoms with Gasteiger partial charge in [0, 0.05) is 18.8 Å². The lowest BCUT2D eigenvalue weighted by atomic mass is 9.89. The Labute approximate surface area is 201 Å². The molecule has 3 unspecified atom stereocenters. The number of piperidine rings is 1. The van der Waals surface area contributed by atoms with E-state index in [0.717, 1.165) is 63.4 Å². The first kappa shape index (κ1) is 24.5. The first-order valence-corrected chi connectivity index (χ1v) is 12.3. The van der Waals surface area contributed by atoms with Crippen LogP contribution in [-0.4, -0.2) is 56.4 Å². The third-order valence-corrected chi connectivity index (χ3v) is 6.95. The fraction of sp³-hybridized carbons (Fsp3) is 0.519. The van der Waals surface area contributed by atoms with Crippen LogP contribution in [-0.2, 0) is 11.2 Å². The molecule has 0 aliphatic carbocycles. The van der Waals surface area contributed by atoms with Crippen LogP contribution in [0.2, 0.25) is 0 Å². The van der Waals surface area contributed by atoms with E-state index in [4.69, 9.17) is 9.47 Å². The molecular formula is C27H36FN3O3. The molecule has 0 radical (unpaired) electrons. The Morgan fingerprint density at radius 1 is 1.12 bits per heavy atom. The van der Waals surface area contributed by atoms with Gasteiger partial charge in [-0.2, -0.15) is 0 Å². The largest absolute Gasteiger partial charge is 0.497 e. The number of halogens is 1. The van der Waals surface area contributed by atoms with Crippen LogP contribution in [0.1, 0.15) is 31.7 Å². The molecule has 0 spiro atoms. The number of benzene rings is 2. The van der Waals surface area contributed by atoms with Gasteiger partial charge in [0.2, 0.25) is 0 Å². The van der Waals surface area contributed by atoms with E-state index in [1.54, 1.807) is 19.2 Å². The van der Waals surface area contributed by atoms with Crippen molar-refractivity contribution in [2.24, 2.45) is 11.8 Å². The van der Waals surface area contributed by atoms with Crippen molar-refractivity contribution in [1.29, 1.82) is 0 Å². The third-order valence-electron chi connectivity index (χ3n) is 6.95. The van der Waals surface area contributed by atoms with Gasteiger partial charge < -0.3 is 25.0 Å². The average Bonchev–Trinajstić information content (AvgIpc) is 2.84. The Balaban J connectivity index is 1.26. The zero-order valence-corrected chi connectivity index (χ0v) is 20.1. The van der Waals surface area contributed by atoms with Crippen molar-refractivity contribution >= 4 is 11.7 Å². The number of hydrogen-bond donors (Lipinski definition) is 2. The van der Waals surface area contributed by atoms with Crippen molar-refractivity contribution in [2.75, 3.05) is 38.7 Å². The number of nitrogens with zero attached hydrogens (tertiary/aromatic N) is 1. The second-order valence-electron chi connectivity index (χ2n) is 9.72. The number of carbonyl (C=O) groups excluding carboxylic acids is 1. The molecule has 2 saturated heterocycles. The van der Waals surface area contributed by atoms with Gasteiger partial charge >= 0.3 is 6.03 Å². The van der Waals surface area contributed by atoms with E-state index < -0.39 is 0 Å². The van der Waals surface area contributed by atoms with E-state index in [1.165, 1.54) is 5.56 Å². The number of ether oxygens (including phenoxy) is 2. The third kappa shape index (κ3) is 6.93. The summed E-state index contributed by atoms with van der Waals surface area (Å²) in [7, 11) is 1.62. The van der Waals surface area contributed by atoms with Gasteiger partial charge in [-0.3, -0.25) is 0 Å². The van der Waals surface area contributed by atoms with Crippen LogP contribution in [0, 0.1) is 17.7 Å². The number of urea groups is 1. The van der Waals surface area contributed by atoms with Crippen LogP contribution in [0.3, 0.4) is 0 Å². The van der Waals surface area contributed by atoms with E-state index in [1.807, 2.05) is 36.4 Å². The quantitative estimate of drug-likeness (QED) is 0.617. The highest BCUT2D eigenvalue weighted by atomic mass is 19.1. The summed E-state index contributed by atoms with van der Waals surface area (Å²) in [4.78, 5) is 15.1. The fourth-order valence-electron chi connectivity index (χ4n) is 4.98. The smallest absolute Gasteiger partial charge is 0.319 e. The molecule has 2 aliphatic rings. The zero-order valence-electron chi connectivity index (χ0n) is 20.1. The topological polar surface area (TPSA) is 62.8 Å². The minimum Gasteiger partial charge on any atom is -0.497 e. The van der Waals surface area contributed by atoms with E-state index in [9.17, 15) is 9.18 Å². The van der Waals surface area contributed by atoms with Crippen molar-refractivity contribution in [3.8, 4) is 5.75 Å². The number of likely N-dealkylation sites (tertiary alicyclic amines) is 1. The standard InChI is InChI=1S/C27H36FN3O3/c1-19-15-25(30-27(32)29-23-7-9-24(33-2)10-8-23)26(34-18-19)17-31-13-11-21(12-14-31)16-20-3-5-22(28)6-4-20/h3-10,19,21,25-26H,11-18H2,1-2H3,(H2,29,30,32). The average molecular weight is 470 g/mol. The van der Waals surface area contributed by atoms with E-state index >= 15 is 0 Å². The molecule has 0 bridgehead atoms. The molecule has 2 heterocycles. The molecule has 7 heteroatoms. The SMILES string of the molecule is COc1ccc(NC(=O)NC2CC(C)COC2CN2CCC(Cc3ccc(F)cc3)CC2)cc1. The molecule has 2 aliphatic heterocycles. The van der Waals surface area contributed by atoms with Gasteiger partial charge in [0.1, 0.15) is 11.6 Å². The maximum Gasteiger partial charge on any atom is 0.319 e. The number of rotatable bonds is 7. The second kappa shape index (κ2) is 11.7. The van der Waals surface area contributed by atoms with Crippen LogP contribution in [0.25, 0.3) is 0 Å². The Hall–Kier alpha value is -2.64. The lowest BCUT2D eigenvalue weighted by molar-refractivity contribution is -0.0504. The van der Waals surface area contributed by atoms with Crippen molar-refractivity contribution in [3.63, 3.8) is 0 Å². The Morgan fingerprint density at radius 2 is 1.82 bits per heavy atom. The lowest BCUT2D eigenvalue weighted by Gasteiger charge is -2.40. The number of anilines is 1. The second-order valence-corrected chi connectivity index (χ2v) is 9.72. The summed E-state index contributed by atoms with van der Waals surface area (Å²) >= 11 is 0. The maximum absolute atomic E-state index is 13.2. The van der Waals surface area contributed by atoms with E-state index in [0.29, 0.717) is 11.8 Å². The number of methoxy groups -OCH3 is 1. The van der Waals surface area contributed by atoms with Crippen LogP contribution < -0.4 is 15.4 Å². The van der Waals surface area contributed by atoms with Gasteiger partial charge in [0.25, 0.3) is 0 Å². The molecule has 2 aromatic carbocycles. The molecule has 2 N–H and O–H groups in total. The fourth-order valence-corrected chi connectivity index (χ4v) is 4.98. The summed E-state index contributed by atoms with van der Waals surface area (Å²) < 4.78 is 24.5. The Bertz CT molecular complexity index is 914. The molecule has 4 rings (SSSR count). The van der Waals surface area contributed by atoms with Crippen LogP contribution in [0.5, 0.6) is 5.75 Å². The summed E-state index contributed by atoms with van der Waals surface area (Å²) in [5.74, 6) is 1.60. The number of nitrogens with one attached hydrogen (secondary N) is 2. The summed E-state index contributed by atoms with van der Waals surface area (Å²) in [5.41, 5.74) is 1.93. The van der Waals surface area contributed by atoms with Gasteiger partial charge in [0.15, 0.2) is 0 Å². The van der Waals surface area contributed by atoms with Gasteiger partial charge in [-0.1, -0.05) is 19.1 Å². The summed E-state index contributed by atoms with van der Waals surface area (Å²) in [5, 5.41) is 6.06. The Kier molecular flexibility index (Phi) is 8.40. The molecular weight excluding hydrogens is 433 g/mol. The first-order valence-electron chi connectivity index (χ1n) is 12.3. The highest BCUT2D eigenvalue weighted by Crippen LogP contribution is 2.25. The summed E-state index contributed by atoms with van der Waals surface area (Å²) in [6.07, 6.45) is 4.13. The highest BCUT2D eigenvalue weighted by molar-refractivity contribution is 5.89. The lowest BCUT2D eigenvalue weighted by Crippen LogP contribution is -2.55. The molecule has 6 nitrogen and oxygen atoms in total. The molecule has 2 aromatic rings. The predicted octanol–water partition coefficient (Wildman–Crippen LogP) is 4.70. The number of hydrogen-bond acceptors (Lipinski definition) is 4. The highest BCUT2D eigenvalue weighted by Gasteiger charge is 2.33. The first-order chi connectivity index (χ1) is 16.5. The van der Waals surface area contributed by atoms with Crippen molar-refractivity contribution in [1.82, 2.24) is 10.2 Å². The Morgan fingerprint density at radius 3 is 2.50 bits per heavy atom. The number of carbonyl (C=O) groups is 1. The zero-order chi connectivity index (χ0) is 23.9. The molecule has 0 aromatic heterocycles. The molecule has 3 atom stereocenters. The number of amides is 2. The molecule has 2 fully saturated rings. The monoisotopic (exact) mass is 469 g/mol. The van der Waals surface area contributed by atoms with Crippen molar-refractivity contribution < 1.29 is 18.7 Å². The van der Waals surface area contributed by atoms with Crippen molar-refractivity contribution in [3.05, 3.63) is 59.9 Å². The van der Waals surface area contributed by atoms with Gasteiger partial charge in [-0.15, -0.1) is 0 Å². The van der Waals surface area contributed by atoms with Crippen molar-refractivity contribution in [2.45, 2.75) is 44.8 Å². The predicted molar refractivity (Wildman–Crippen MR) is 132 cm³/mol. The van der Waals surface area contributed by atoms with Crippen LogP contribution in [0.4, 0.5) is 14.9 Å². The molecule has 184 valence electrons. The van der Waals surface area contributed by atoms with Crippen LogP contribution >= 0.6 is 0 Å². The maximum atomic E-state index is 13.2. The van der Waals surface area contributed by atoms with Gasteiger partial charge in [0.05, 0.1) is 19.3 Å². The van der Waals surface area contributed by atoms with E-state index in [-0.39, 0.29) is 24.0 Å². The minimum atomic E-state index is -0.212. The van der Waals surface area contributed by atoms with E-state index in [2.05, 4.69) is 22.5 Å². The molecule has 0 saturated carbocycles. The molecule has 2 amide bonds. The molecule has 34 heavy (non-hydrogen) atoms. The summed E-state index contributed by atoms with van der Waals surface area (Å²) in [6, 6.07) is 13.9. The van der Waals surface area contributed by atoms with Gasteiger partial charge in [-0.05, 0) is 92.6 Å². The minimum absolute atomic E-state index is 0.0218. The van der Waals surface area contributed by atoms with Gasteiger partial charge in [-0.25, -0.2) is 9.18 Å². The summed E-state index contributed by atoms with van der Waals surface area (Å²) in [6.45, 7) is 5.75. The normalized spacial score (nSPS) is 23.9.